The Morgan fingerprint density at radius 3 is 2.77 bits per heavy atom. The summed E-state index contributed by atoms with van der Waals surface area (Å²) in [5, 5.41) is 4.47. The summed E-state index contributed by atoms with van der Waals surface area (Å²) in [6.45, 7) is 2.35. The second kappa shape index (κ2) is 8.15. The number of carbonyl (C=O) groups excluding carboxylic acids is 2. The van der Waals surface area contributed by atoms with Gasteiger partial charge in [-0.05, 0) is 30.2 Å². The first-order valence-electron chi connectivity index (χ1n) is 8.53. The molecule has 0 spiro atoms. The number of unbranched alkanes of at least 4 members (excludes halogenated alkanes) is 1. The van der Waals surface area contributed by atoms with Crippen LogP contribution in [-0.4, -0.2) is 17.6 Å². The fourth-order valence-corrected chi connectivity index (χ4v) is 3.00. The molecule has 1 aliphatic rings. The van der Waals surface area contributed by atoms with E-state index in [4.69, 9.17) is 16.4 Å². The Balaban J connectivity index is 1.85. The number of anilines is 1. The molecule has 0 bridgehead atoms. The average molecular weight is 371 g/mol. The highest BCUT2D eigenvalue weighted by Crippen LogP contribution is 2.31. The molecule has 2 aromatic carbocycles. The van der Waals surface area contributed by atoms with Crippen LogP contribution in [0.25, 0.3) is 0 Å². The van der Waals surface area contributed by atoms with E-state index in [1.54, 1.807) is 17.0 Å². The summed E-state index contributed by atoms with van der Waals surface area (Å²) in [4.78, 5) is 31.1. The molecule has 0 aliphatic carbocycles. The Morgan fingerprint density at radius 2 is 2.00 bits per heavy atom. The lowest BCUT2D eigenvalue weighted by atomic mass is 10.1. The molecule has 5 nitrogen and oxygen atoms in total. The molecule has 0 N–H and O–H groups in total. The number of amides is 1. The van der Waals surface area contributed by atoms with Crippen LogP contribution in [0, 0.1) is 0 Å². The average Bonchev–Trinajstić information content (AvgIpc) is 2.90. The third-order valence-electron chi connectivity index (χ3n) is 4.10. The summed E-state index contributed by atoms with van der Waals surface area (Å²) in [6.07, 6.45) is 1.91. The summed E-state index contributed by atoms with van der Waals surface area (Å²) >= 11 is 6.04. The zero-order valence-corrected chi connectivity index (χ0v) is 15.2. The van der Waals surface area contributed by atoms with Crippen molar-refractivity contribution in [2.45, 2.75) is 32.7 Å². The van der Waals surface area contributed by atoms with Gasteiger partial charge < -0.3 is 9.74 Å². The molecule has 2 aromatic rings. The maximum atomic E-state index is 12.8. The molecule has 6 heteroatoms. The zero-order chi connectivity index (χ0) is 18.5. The number of carbonyl (C=O) groups is 2. The lowest BCUT2D eigenvalue weighted by molar-refractivity contribution is -0.143. The zero-order valence-electron chi connectivity index (χ0n) is 14.4. The third-order valence-corrected chi connectivity index (χ3v) is 4.34. The Morgan fingerprint density at radius 1 is 1.19 bits per heavy atom. The van der Waals surface area contributed by atoms with Crippen LogP contribution < -0.4 is 4.90 Å². The monoisotopic (exact) mass is 370 g/mol. The van der Waals surface area contributed by atoms with Crippen LogP contribution in [0.2, 0.25) is 5.02 Å². The number of rotatable bonds is 6. The standard InChI is InChI=1S/C20H19ClN2O3/c1-2-3-11-18(24)26-22-19-16-9-4-5-10-17(16)23(20(19)25)13-14-7-6-8-15(21)12-14/h4-10,12H,2-3,11,13H2,1H3/b22-19-. The first kappa shape index (κ1) is 18.1. The maximum Gasteiger partial charge on any atom is 0.335 e. The van der Waals surface area contributed by atoms with Gasteiger partial charge in [0.2, 0.25) is 0 Å². The van der Waals surface area contributed by atoms with Gasteiger partial charge in [0, 0.05) is 17.0 Å². The minimum Gasteiger partial charge on any atom is -0.317 e. The second-order valence-electron chi connectivity index (χ2n) is 6.05. The van der Waals surface area contributed by atoms with Crippen molar-refractivity contribution in [1.29, 1.82) is 0 Å². The lowest BCUT2D eigenvalue weighted by Gasteiger charge is -2.16. The van der Waals surface area contributed by atoms with Crippen LogP contribution in [0.5, 0.6) is 0 Å². The third kappa shape index (κ3) is 3.94. The van der Waals surface area contributed by atoms with Crippen molar-refractivity contribution >= 4 is 34.9 Å². The van der Waals surface area contributed by atoms with E-state index in [9.17, 15) is 9.59 Å². The normalized spacial score (nSPS) is 14.6. The van der Waals surface area contributed by atoms with E-state index in [0.717, 1.165) is 24.1 Å². The highest BCUT2D eigenvalue weighted by Gasteiger charge is 2.34. The first-order valence-corrected chi connectivity index (χ1v) is 8.91. The molecular formula is C20H19ClN2O3. The van der Waals surface area contributed by atoms with Gasteiger partial charge in [-0.25, -0.2) is 4.79 Å². The van der Waals surface area contributed by atoms with Gasteiger partial charge in [-0.1, -0.05) is 60.4 Å². The highest BCUT2D eigenvalue weighted by molar-refractivity contribution is 6.54. The van der Waals surface area contributed by atoms with Gasteiger partial charge in [-0.15, -0.1) is 0 Å². The summed E-state index contributed by atoms with van der Waals surface area (Å²) in [5.74, 6) is -0.729. The van der Waals surface area contributed by atoms with Gasteiger partial charge >= 0.3 is 5.97 Å². The Bertz CT molecular complexity index is 864. The molecule has 0 atom stereocenters. The number of para-hydroxylation sites is 1. The van der Waals surface area contributed by atoms with E-state index >= 15 is 0 Å². The van der Waals surface area contributed by atoms with Crippen LogP contribution in [0.15, 0.2) is 53.7 Å². The minimum atomic E-state index is -0.432. The molecular weight excluding hydrogens is 352 g/mol. The molecule has 0 aromatic heterocycles. The molecule has 0 saturated carbocycles. The molecule has 1 amide bonds. The maximum absolute atomic E-state index is 12.8. The molecule has 0 saturated heterocycles. The van der Waals surface area contributed by atoms with E-state index < -0.39 is 5.97 Å². The van der Waals surface area contributed by atoms with Gasteiger partial charge in [0.15, 0.2) is 5.71 Å². The molecule has 134 valence electrons. The molecule has 26 heavy (non-hydrogen) atoms. The number of nitrogens with zero attached hydrogens (tertiary/aromatic N) is 2. The van der Waals surface area contributed by atoms with E-state index in [-0.39, 0.29) is 18.0 Å². The minimum absolute atomic E-state index is 0.146. The number of oxime groups is 1. The number of halogens is 1. The molecule has 3 rings (SSSR count). The molecule has 0 radical (unpaired) electrons. The van der Waals surface area contributed by atoms with Crippen LogP contribution in [0.4, 0.5) is 5.69 Å². The largest absolute Gasteiger partial charge is 0.335 e. The molecule has 0 unspecified atom stereocenters. The SMILES string of the molecule is CCCCC(=O)O/N=C1\C(=O)N(Cc2cccc(Cl)c2)c2ccccc21. The van der Waals surface area contributed by atoms with Gasteiger partial charge in [-0.3, -0.25) is 4.79 Å². The Hall–Kier alpha value is -2.66. The summed E-state index contributed by atoms with van der Waals surface area (Å²) in [6, 6.07) is 14.7. The van der Waals surface area contributed by atoms with E-state index in [0.29, 0.717) is 17.1 Å². The number of hydrogen-bond acceptors (Lipinski definition) is 4. The first-order chi connectivity index (χ1) is 12.6. The van der Waals surface area contributed by atoms with E-state index in [1.165, 1.54) is 0 Å². The summed E-state index contributed by atoms with van der Waals surface area (Å²) < 4.78 is 0. The van der Waals surface area contributed by atoms with E-state index in [2.05, 4.69) is 5.16 Å². The second-order valence-corrected chi connectivity index (χ2v) is 6.48. The van der Waals surface area contributed by atoms with Crippen LogP contribution in [0.3, 0.4) is 0 Å². The highest BCUT2D eigenvalue weighted by atomic mass is 35.5. The molecule has 1 heterocycles. The molecule has 1 aliphatic heterocycles. The van der Waals surface area contributed by atoms with Crippen molar-refractivity contribution < 1.29 is 14.4 Å². The fourth-order valence-electron chi connectivity index (χ4n) is 2.79. The Kier molecular flexibility index (Phi) is 5.68. The topological polar surface area (TPSA) is 59.0 Å². The quantitative estimate of drug-likeness (QED) is 0.562. The Labute approximate surface area is 157 Å². The van der Waals surface area contributed by atoms with Crippen LogP contribution in [-0.2, 0) is 21.0 Å². The van der Waals surface area contributed by atoms with Crippen molar-refractivity contribution in [2.24, 2.45) is 5.16 Å². The van der Waals surface area contributed by atoms with E-state index in [1.807, 2.05) is 43.3 Å². The van der Waals surface area contributed by atoms with Crippen LogP contribution in [0.1, 0.15) is 37.3 Å². The predicted molar refractivity (Wildman–Crippen MR) is 101 cm³/mol. The van der Waals surface area contributed by atoms with Crippen molar-refractivity contribution in [3.8, 4) is 0 Å². The van der Waals surface area contributed by atoms with Crippen molar-refractivity contribution in [3.05, 3.63) is 64.7 Å². The van der Waals surface area contributed by atoms with Crippen molar-refractivity contribution in [1.82, 2.24) is 0 Å². The van der Waals surface area contributed by atoms with Gasteiger partial charge in [0.1, 0.15) is 0 Å². The van der Waals surface area contributed by atoms with Crippen LogP contribution >= 0.6 is 11.6 Å². The fraction of sp³-hybridized carbons (Fsp3) is 0.250. The number of fused-ring (bicyclic) bond motifs is 1. The lowest BCUT2D eigenvalue weighted by Crippen LogP contribution is -2.29. The smallest absolute Gasteiger partial charge is 0.317 e. The predicted octanol–water partition coefficient (Wildman–Crippen LogP) is 4.32. The van der Waals surface area contributed by atoms with Gasteiger partial charge in [0.05, 0.1) is 12.2 Å². The number of benzene rings is 2. The summed E-state index contributed by atoms with van der Waals surface area (Å²) in [7, 11) is 0. The molecule has 0 fully saturated rings. The van der Waals surface area contributed by atoms with Gasteiger partial charge in [-0.2, -0.15) is 0 Å². The number of hydrogen-bond donors (Lipinski definition) is 0. The van der Waals surface area contributed by atoms with Crippen molar-refractivity contribution in [3.63, 3.8) is 0 Å². The summed E-state index contributed by atoms with van der Waals surface area (Å²) in [5.41, 5.74) is 2.44. The van der Waals surface area contributed by atoms with Crippen molar-refractivity contribution in [2.75, 3.05) is 4.90 Å². The van der Waals surface area contributed by atoms with Gasteiger partial charge in [0.25, 0.3) is 5.91 Å².